The van der Waals surface area contributed by atoms with Gasteiger partial charge in [0.05, 0.1) is 0 Å². The summed E-state index contributed by atoms with van der Waals surface area (Å²) in [6.07, 6.45) is 17.6. The maximum absolute atomic E-state index is 6.81. The van der Waals surface area contributed by atoms with E-state index in [9.17, 15) is 0 Å². The molecule has 2 aromatic carbocycles. The van der Waals surface area contributed by atoms with Crippen molar-refractivity contribution in [3.8, 4) is 0 Å². The SMILES string of the molecule is CCCCCCCCCCO[Si](OCCCCCCCCCl)(c1ccccc1)c1ccccc1. The molecule has 0 atom stereocenters. The lowest BCUT2D eigenvalue weighted by Gasteiger charge is -2.31. The average Bonchev–Trinajstić information content (AvgIpc) is 2.89. The molecule has 0 aliphatic rings. The maximum atomic E-state index is 6.81. The zero-order valence-electron chi connectivity index (χ0n) is 21.5. The minimum Gasteiger partial charge on any atom is -0.388 e. The largest absolute Gasteiger partial charge is 0.407 e. The highest BCUT2D eigenvalue weighted by atomic mass is 35.5. The van der Waals surface area contributed by atoms with Crippen LogP contribution in [-0.2, 0) is 8.85 Å². The van der Waals surface area contributed by atoms with Crippen LogP contribution in [0, 0.1) is 0 Å². The summed E-state index contributed by atoms with van der Waals surface area (Å²) in [6.45, 7) is 3.80. The van der Waals surface area contributed by atoms with E-state index in [4.69, 9.17) is 20.5 Å². The predicted molar refractivity (Wildman–Crippen MR) is 151 cm³/mol. The van der Waals surface area contributed by atoms with Gasteiger partial charge >= 0.3 is 8.56 Å². The van der Waals surface area contributed by atoms with Gasteiger partial charge < -0.3 is 8.85 Å². The van der Waals surface area contributed by atoms with Crippen LogP contribution in [0.15, 0.2) is 60.7 Å². The lowest BCUT2D eigenvalue weighted by Crippen LogP contribution is -2.63. The van der Waals surface area contributed by atoms with Crippen LogP contribution in [0.1, 0.15) is 96.8 Å². The number of unbranched alkanes of at least 4 members (excludes halogenated alkanes) is 12. The monoisotopic (exact) mass is 502 g/mol. The Balaban J connectivity index is 1.96. The Morgan fingerprint density at radius 3 is 1.32 bits per heavy atom. The second kappa shape index (κ2) is 19.1. The van der Waals surface area contributed by atoms with E-state index >= 15 is 0 Å². The third kappa shape index (κ3) is 11.1. The first-order chi connectivity index (χ1) is 16.8. The summed E-state index contributed by atoms with van der Waals surface area (Å²) in [6, 6.07) is 21.4. The molecule has 0 aliphatic heterocycles. The first-order valence-corrected chi connectivity index (χ1v) is 16.1. The summed E-state index contributed by atoms with van der Waals surface area (Å²) in [7, 11) is -2.73. The molecular formula is C30H47ClO2Si. The Hall–Kier alpha value is -1.13. The molecule has 0 radical (unpaired) electrons. The second-order valence-electron chi connectivity index (χ2n) is 9.33. The summed E-state index contributed by atoms with van der Waals surface area (Å²) in [4.78, 5) is 0. The number of benzene rings is 2. The fourth-order valence-corrected chi connectivity index (χ4v) is 7.83. The molecule has 0 N–H and O–H groups in total. The third-order valence-corrected chi connectivity index (χ3v) is 10.1. The molecule has 0 fully saturated rings. The van der Waals surface area contributed by atoms with Crippen molar-refractivity contribution in [3.05, 3.63) is 60.7 Å². The Kier molecular flexibility index (Phi) is 16.3. The molecule has 2 nitrogen and oxygen atoms in total. The van der Waals surface area contributed by atoms with Crippen molar-refractivity contribution in [1.82, 2.24) is 0 Å². The highest BCUT2D eigenvalue weighted by molar-refractivity contribution is 6.92. The summed E-state index contributed by atoms with van der Waals surface area (Å²) in [5, 5.41) is 2.42. The van der Waals surface area contributed by atoms with E-state index in [0.717, 1.165) is 38.4 Å². The van der Waals surface area contributed by atoms with Gasteiger partial charge in [-0.15, -0.1) is 11.6 Å². The van der Waals surface area contributed by atoms with Gasteiger partial charge in [-0.25, -0.2) is 0 Å². The van der Waals surface area contributed by atoms with Gasteiger partial charge in [0.15, 0.2) is 0 Å². The lowest BCUT2D eigenvalue weighted by molar-refractivity contribution is 0.184. The Bertz CT molecular complexity index is 671. The molecule has 2 rings (SSSR count). The molecule has 0 saturated heterocycles. The Labute approximate surface area is 215 Å². The molecule has 0 saturated carbocycles. The Morgan fingerprint density at radius 2 is 0.912 bits per heavy atom. The van der Waals surface area contributed by atoms with Crippen LogP contribution in [0.3, 0.4) is 0 Å². The molecule has 0 aliphatic carbocycles. The molecule has 34 heavy (non-hydrogen) atoms. The molecule has 190 valence electrons. The van der Waals surface area contributed by atoms with Gasteiger partial charge in [-0.3, -0.25) is 0 Å². The van der Waals surface area contributed by atoms with Gasteiger partial charge in [0, 0.05) is 19.1 Å². The van der Waals surface area contributed by atoms with E-state index in [1.165, 1.54) is 81.0 Å². The number of alkyl halides is 1. The van der Waals surface area contributed by atoms with Crippen molar-refractivity contribution in [2.24, 2.45) is 0 Å². The van der Waals surface area contributed by atoms with E-state index in [1.807, 2.05) is 0 Å². The topological polar surface area (TPSA) is 18.5 Å². The maximum Gasteiger partial charge on any atom is 0.407 e. The normalized spacial score (nSPS) is 11.7. The zero-order chi connectivity index (χ0) is 24.2. The van der Waals surface area contributed by atoms with Gasteiger partial charge in [0.1, 0.15) is 0 Å². The first-order valence-electron chi connectivity index (χ1n) is 13.8. The van der Waals surface area contributed by atoms with E-state index < -0.39 is 8.56 Å². The standard InChI is InChI=1S/C30H47ClO2Si/c1-2-3-4-5-6-8-11-20-27-32-34(29-22-15-13-16-23-29,30-24-17-14-18-25-30)33-28-21-12-9-7-10-19-26-31/h13-18,22-25H,2-12,19-21,26-28H2,1H3. The quantitative estimate of drug-likeness (QED) is 0.0977. The molecule has 0 spiro atoms. The third-order valence-electron chi connectivity index (χ3n) is 6.44. The highest BCUT2D eigenvalue weighted by Gasteiger charge is 2.42. The van der Waals surface area contributed by atoms with Crippen LogP contribution >= 0.6 is 11.6 Å². The number of halogens is 1. The van der Waals surface area contributed by atoms with Crippen LogP contribution in [0.4, 0.5) is 0 Å². The van der Waals surface area contributed by atoms with Gasteiger partial charge in [0.25, 0.3) is 0 Å². The van der Waals surface area contributed by atoms with Gasteiger partial charge in [-0.05, 0) is 29.6 Å². The van der Waals surface area contributed by atoms with E-state index in [1.54, 1.807) is 0 Å². The lowest BCUT2D eigenvalue weighted by atomic mass is 10.1. The summed E-state index contributed by atoms with van der Waals surface area (Å²) >= 11 is 5.80. The van der Waals surface area contributed by atoms with E-state index in [0.29, 0.717) is 0 Å². The molecule has 0 aromatic heterocycles. The second-order valence-corrected chi connectivity index (χ2v) is 12.7. The molecule has 0 heterocycles. The van der Waals surface area contributed by atoms with E-state index in [-0.39, 0.29) is 0 Å². The Morgan fingerprint density at radius 1 is 0.529 bits per heavy atom. The molecule has 0 amide bonds. The molecule has 4 heteroatoms. The smallest absolute Gasteiger partial charge is 0.388 e. The van der Waals surface area contributed by atoms with Crippen molar-refractivity contribution in [2.75, 3.05) is 19.1 Å². The molecule has 2 aromatic rings. The molecule has 0 unspecified atom stereocenters. The van der Waals surface area contributed by atoms with Crippen molar-refractivity contribution < 1.29 is 8.85 Å². The van der Waals surface area contributed by atoms with Crippen molar-refractivity contribution in [2.45, 2.75) is 96.8 Å². The summed E-state index contributed by atoms with van der Waals surface area (Å²) in [5.41, 5.74) is 0. The van der Waals surface area contributed by atoms with Crippen molar-refractivity contribution >= 4 is 30.5 Å². The molecule has 0 bridgehead atoms. The van der Waals surface area contributed by atoms with E-state index in [2.05, 4.69) is 67.6 Å². The van der Waals surface area contributed by atoms with Crippen LogP contribution in [0.2, 0.25) is 0 Å². The minimum absolute atomic E-state index is 0.753. The fraction of sp³-hybridized carbons (Fsp3) is 0.600. The van der Waals surface area contributed by atoms with Crippen molar-refractivity contribution in [1.29, 1.82) is 0 Å². The fourth-order valence-electron chi connectivity index (χ4n) is 4.43. The average molecular weight is 503 g/mol. The predicted octanol–water partition coefficient (Wildman–Crippen LogP) is 8.00. The van der Waals surface area contributed by atoms with Crippen LogP contribution in [0.5, 0.6) is 0 Å². The first kappa shape index (κ1) is 29.1. The highest BCUT2D eigenvalue weighted by Crippen LogP contribution is 2.15. The van der Waals surface area contributed by atoms with Gasteiger partial charge in [-0.1, -0.05) is 138 Å². The number of hydrogen-bond acceptors (Lipinski definition) is 2. The summed E-state index contributed by atoms with van der Waals surface area (Å²) < 4.78 is 13.6. The summed E-state index contributed by atoms with van der Waals surface area (Å²) in [5.74, 6) is 0.779. The number of hydrogen-bond donors (Lipinski definition) is 0. The van der Waals surface area contributed by atoms with Gasteiger partial charge in [-0.2, -0.15) is 0 Å². The van der Waals surface area contributed by atoms with Crippen LogP contribution < -0.4 is 10.4 Å². The molecular weight excluding hydrogens is 456 g/mol. The van der Waals surface area contributed by atoms with Crippen LogP contribution in [-0.4, -0.2) is 27.7 Å². The number of rotatable bonds is 21. The zero-order valence-corrected chi connectivity index (χ0v) is 23.2. The minimum atomic E-state index is -2.73. The van der Waals surface area contributed by atoms with Crippen LogP contribution in [0.25, 0.3) is 0 Å². The van der Waals surface area contributed by atoms with Crippen molar-refractivity contribution in [3.63, 3.8) is 0 Å². The van der Waals surface area contributed by atoms with Gasteiger partial charge in [0.2, 0.25) is 0 Å².